The van der Waals surface area contributed by atoms with Crippen molar-refractivity contribution < 1.29 is 13.7 Å². The van der Waals surface area contributed by atoms with Gasteiger partial charge < -0.3 is 4.74 Å². The monoisotopic (exact) mass is 389 g/mol. The molecular weight excluding hydrogens is 366 g/mol. The number of methoxy groups -OCH3 is 1. The molecule has 0 amide bonds. The van der Waals surface area contributed by atoms with Crippen molar-refractivity contribution in [2.75, 3.05) is 7.11 Å². The first-order valence-electron chi connectivity index (χ1n) is 8.15. The van der Waals surface area contributed by atoms with Crippen molar-refractivity contribution in [3.8, 4) is 0 Å². The Labute approximate surface area is 161 Å². The highest BCUT2D eigenvalue weighted by Gasteiger charge is 2.19. The minimum atomic E-state index is -1.33. The highest BCUT2D eigenvalue weighted by molar-refractivity contribution is 7.99. The second-order valence-corrected chi connectivity index (χ2v) is 9.67. The molecule has 0 aliphatic carbocycles. The number of carbonyl (C=O) groups excluding carboxylic acids is 1. The molecule has 0 radical (unpaired) electrons. The number of ether oxygens (including phenoxy) is 1. The summed E-state index contributed by atoms with van der Waals surface area (Å²) in [6.45, 7) is 7.66. The van der Waals surface area contributed by atoms with Gasteiger partial charge in [-0.05, 0) is 45.4 Å². The van der Waals surface area contributed by atoms with E-state index < -0.39 is 15.7 Å². The number of rotatable bonds is 5. The fourth-order valence-electron chi connectivity index (χ4n) is 2.12. The lowest BCUT2D eigenvalue weighted by Gasteiger charge is -2.14. The Bertz CT molecular complexity index is 854. The third kappa shape index (κ3) is 5.05. The van der Waals surface area contributed by atoms with E-state index in [1.807, 2.05) is 64.1 Å². The second kappa shape index (κ2) is 8.64. The number of nitrogens with zero attached hydrogens (tertiary/aromatic N) is 1. The zero-order chi connectivity index (χ0) is 19.3. The van der Waals surface area contributed by atoms with Crippen LogP contribution in [0.5, 0.6) is 0 Å². The summed E-state index contributed by atoms with van der Waals surface area (Å²) in [7, 11) is 0.0462. The van der Waals surface area contributed by atoms with E-state index in [1.165, 1.54) is 18.9 Å². The Kier molecular flexibility index (Phi) is 6.78. The van der Waals surface area contributed by atoms with Crippen LogP contribution in [0.1, 0.15) is 42.3 Å². The number of benzene rings is 2. The van der Waals surface area contributed by atoms with Crippen molar-refractivity contribution in [3.05, 3.63) is 59.2 Å². The van der Waals surface area contributed by atoms with Gasteiger partial charge >= 0.3 is 5.97 Å². The van der Waals surface area contributed by atoms with E-state index >= 15 is 0 Å². The van der Waals surface area contributed by atoms with E-state index in [2.05, 4.69) is 4.40 Å². The molecule has 0 bridgehead atoms. The van der Waals surface area contributed by atoms with Crippen LogP contribution < -0.4 is 0 Å². The van der Waals surface area contributed by atoms with Crippen LogP contribution >= 0.6 is 11.8 Å². The smallest absolute Gasteiger partial charge is 0.339 e. The van der Waals surface area contributed by atoms with Crippen molar-refractivity contribution >= 4 is 34.9 Å². The maximum atomic E-state index is 12.2. The molecule has 2 aromatic carbocycles. The van der Waals surface area contributed by atoms with Gasteiger partial charge in [0.25, 0.3) is 0 Å². The van der Waals surface area contributed by atoms with Crippen LogP contribution in [0.4, 0.5) is 0 Å². The maximum Gasteiger partial charge on any atom is 0.339 e. The summed E-state index contributed by atoms with van der Waals surface area (Å²) in [4.78, 5) is 13.8. The van der Waals surface area contributed by atoms with Crippen molar-refractivity contribution in [1.29, 1.82) is 0 Å². The van der Waals surface area contributed by atoms with E-state index in [0.717, 1.165) is 20.9 Å². The molecule has 2 aromatic rings. The van der Waals surface area contributed by atoms with Gasteiger partial charge in [-0.25, -0.2) is 9.00 Å². The van der Waals surface area contributed by atoms with Crippen molar-refractivity contribution in [2.24, 2.45) is 4.40 Å². The van der Waals surface area contributed by atoms with Gasteiger partial charge in [-0.3, -0.25) is 0 Å². The largest absolute Gasteiger partial charge is 0.465 e. The summed E-state index contributed by atoms with van der Waals surface area (Å²) in [5, 5.41) is 0. The van der Waals surface area contributed by atoms with Gasteiger partial charge in [0, 0.05) is 21.6 Å². The van der Waals surface area contributed by atoms with Crippen LogP contribution in [0.3, 0.4) is 0 Å². The highest BCUT2D eigenvalue weighted by Crippen LogP contribution is 2.35. The van der Waals surface area contributed by atoms with Gasteiger partial charge in [0.15, 0.2) is 0 Å². The minimum Gasteiger partial charge on any atom is -0.465 e. The topological polar surface area (TPSA) is 55.7 Å². The van der Waals surface area contributed by atoms with Crippen LogP contribution in [0, 0.1) is 6.92 Å². The molecule has 0 saturated heterocycles. The van der Waals surface area contributed by atoms with E-state index in [9.17, 15) is 9.00 Å². The Morgan fingerprint density at radius 3 is 2.50 bits per heavy atom. The summed E-state index contributed by atoms with van der Waals surface area (Å²) >= 11 is 1.48. The molecule has 26 heavy (non-hydrogen) atoms. The van der Waals surface area contributed by atoms with E-state index in [-0.39, 0.29) is 5.97 Å². The molecule has 0 fully saturated rings. The summed E-state index contributed by atoms with van der Waals surface area (Å²) in [5.74, 6) is -0.370. The summed E-state index contributed by atoms with van der Waals surface area (Å²) < 4.78 is 20.9. The summed E-state index contributed by atoms with van der Waals surface area (Å²) in [5.41, 5.74) is 2.44. The summed E-state index contributed by atoms with van der Waals surface area (Å²) in [6.07, 6.45) is 1.65. The molecule has 4 nitrogen and oxygen atoms in total. The molecule has 1 unspecified atom stereocenters. The maximum absolute atomic E-state index is 12.2. The normalized spacial score (nSPS) is 13.0. The quantitative estimate of drug-likeness (QED) is 0.544. The number of aryl methyl sites for hydroxylation is 1. The molecule has 0 aliphatic rings. The molecule has 1 atom stereocenters. The predicted molar refractivity (Wildman–Crippen MR) is 109 cm³/mol. The second-order valence-electron chi connectivity index (χ2n) is 6.68. The molecule has 0 aromatic heterocycles. The first kappa shape index (κ1) is 20.4. The van der Waals surface area contributed by atoms with E-state index in [4.69, 9.17) is 4.74 Å². The molecule has 0 heterocycles. The zero-order valence-electron chi connectivity index (χ0n) is 15.6. The van der Waals surface area contributed by atoms with Gasteiger partial charge in [0.05, 0.1) is 17.4 Å². The lowest BCUT2D eigenvalue weighted by molar-refractivity contribution is 0.0597. The van der Waals surface area contributed by atoms with Crippen LogP contribution in [-0.4, -0.2) is 28.2 Å². The minimum absolute atomic E-state index is 0.370. The van der Waals surface area contributed by atoms with Crippen LogP contribution in [0.2, 0.25) is 0 Å². The Hall–Kier alpha value is -1.92. The molecule has 138 valence electrons. The third-order valence-corrected chi connectivity index (χ3v) is 6.24. The molecule has 2 rings (SSSR count). The number of hydrogen-bond donors (Lipinski definition) is 0. The number of carbonyl (C=O) groups is 1. The molecule has 0 spiro atoms. The van der Waals surface area contributed by atoms with Crippen LogP contribution in [0.25, 0.3) is 0 Å². The average molecular weight is 390 g/mol. The Morgan fingerprint density at radius 1 is 1.15 bits per heavy atom. The van der Waals surface area contributed by atoms with Crippen molar-refractivity contribution in [3.63, 3.8) is 0 Å². The number of esters is 1. The summed E-state index contributed by atoms with van der Waals surface area (Å²) in [6, 6.07) is 13.2. The van der Waals surface area contributed by atoms with E-state index in [1.54, 1.807) is 12.3 Å². The molecule has 0 saturated carbocycles. The first-order valence-corrected chi connectivity index (χ1v) is 10.1. The third-order valence-electron chi connectivity index (χ3n) is 3.56. The van der Waals surface area contributed by atoms with Gasteiger partial charge in [-0.1, -0.05) is 42.1 Å². The van der Waals surface area contributed by atoms with E-state index in [0.29, 0.717) is 5.56 Å². The zero-order valence-corrected chi connectivity index (χ0v) is 17.2. The number of hydrogen-bond acceptors (Lipinski definition) is 4. The standard InChI is InChI=1S/C20H23NO3S2/c1-14-9-8-10-15(13-21-26(23)20(2,3)4)18(14)25-17-12-7-6-11-16(17)19(22)24-5/h6-13H,1-5H3/b21-13+. The highest BCUT2D eigenvalue weighted by atomic mass is 32.2. The Morgan fingerprint density at radius 2 is 1.85 bits per heavy atom. The first-order chi connectivity index (χ1) is 12.2. The predicted octanol–water partition coefficient (Wildman–Crippen LogP) is 4.81. The fraction of sp³-hybridized carbons (Fsp3) is 0.300. The fourth-order valence-corrected chi connectivity index (χ4v) is 3.74. The van der Waals surface area contributed by atoms with Crippen LogP contribution in [-0.2, 0) is 15.7 Å². The van der Waals surface area contributed by atoms with Crippen molar-refractivity contribution in [1.82, 2.24) is 0 Å². The molecular formula is C20H23NO3S2. The van der Waals surface area contributed by atoms with Crippen molar-refractivity contribution in [2.45, 2.75) is 42.2 Å². The lowest BCUT2D eigenvalue weighted by Crippen LogP contribution is -2.19. The van der Waals surface area contributed by atoms with Gasteiger partial charge in [0.1, 0.15) is 11.0 Å². The molecule has 6 heteroatoms. The SMILES string of the molecule is COC(=O)c1ccccc1Sc1c(C)cccc1/C=N/S(=O)C(C)(C)C. The van der Waals surface area contributed by atoms with Gasteiger partial charge in [-0.15, -0.1) is 0 Å². The molecule has 0 N–H and O–H groups in total. The lowest BCUT2D eigenvalue weighted by atomic mass is 10.1. The van der Waals surface area contributed by atoms with Gasteiger partial charge in [0.2, 0.25) is 0 Å². The Balaban J connectivity index is 2.42. The van der Waals surface area contributed by atoms with Crippen LogP contribution in [0.15, 0.2) is 56.7 Å². The van der Waals surface area contributed by atoms with Gasteiger partial charge in [-0.2, -0.15) is 4.40 Å². The average Bonchev–Trinajstić information content (AvgIpc) is 2.60. The molecule has 0 aliphatic heterocycles.